The molecule has 0 aromatic heterocycles. The summed E-state index contributed by atoms with van der Waals surface area (Å²) in [7, 11) is 4.04. The number of ether oxygens (including phenoxy) is 2. The fourth-order valence-corrected chi connectivity index (χ4v) is 7.29. The highest BCUT2D eigenvalue weighted by Crippen LogP contribution is 2.28. The van der Waals surface area contributed by atoms with Crippen LogP contribution in [0.25, 0.3) is 0 Å². The summed E-state index contributed by atoms with van der Waals surface area (Å²) in [6.45, 7) is 8.02. The number of unbranched alkanes of at least 4 members (excludes halogenated alkanes) is 18. The molecule has 0 aromatic carbocycles. The molecule has 0 saturated carbocycles. The van der Waals surface area contributed by atoms with Gasteiger partial charge < -0.3 is 19.5 Å². The number of carboxylic acid groups (broad SMARTS) is 1. The van der Waals surface area contributed by atoms with Crippen LogP contribution in [0, 0.1) is 11.8 Å². The summed E-state index contributed by atoms with van der Waals surface area (Å²) in [6.07, 6.45) is 43.7. The van der Waals surface area contributed by atoms with E-state index < -0.39 is 12.1 Å². The minimum Gasteiger partial charge on any atom is -0.481 e. The lowest BCUT2D eigenvalue weighted by molar-refractivity contribution is -0.142. The smallest absolute Gasteiger partial charge is 0.481 e. The Morgan fingerprint density at radius 3 is 1.57 bits per heavy atom. The first-order valence-corrected chi connectivity index (χ1v) is 22.8. The zero-order chi connectivity index (χ0) is 39.0. The minimum atomic E-state index is -0.664. The Morgan fingerprint density at radius 1 is 0.566 bits per heavy atom. The number of nitrogens with zero attached hydrogens (tertiary/aromatic N) is 1. The van der Waals surface area contributed by atoms with Crippen LogP contribution in [-0.4, -0.2) is 55.5 Å². The van der Waals surface area contributed by atoms with Crippen molar-refractivity contribution in [2.75, 3.05) is 27.2 Å². The van der Waals surface area contributed by atoms with Crippen molar-refractivity contribution in [3.8, 4) is 0 Å². The van der Waals surface area contributed by atoms with E-state index in [1.54, 1.807) is 0 Å². The number of carbonyl (C=O) groups is 2. The van der Waals surface area contributed by atoms with Crippen molar-refractivity contribution in [2.45, 2.75) is 226 Å². The summed E-state index contributed by atoms with van der Waals surface area (Å²) in [6, 6.07) is 0. The first-order valence-electron chi connectivity index (χ1n) is 22.8. The van der Waals surface area contributed by atoms with Crippen LogP contribution in [-0.2, 0) is 14.3 Å². The zero-order valence-corrected chi connectivity index (χ0v) is 35.9. The number of aliphatic carboxylic acids is 1. The van der Waals surface area contributed by atoms with Crippen LogP contribution in [0.15, 0.2) is 24.3 Å². The first-order chi connectivity index (χ1) is 25.8. The van der Waals surface area contributed by atoms with Gasteiger partial charge in [-0.15, -0.1) is 0 Å². The molecule has 0 heterocycles. The second-order valence-electron chi connectivity index (χ2n) is 16.2. The summed E-state index contributed by atoms with van der Waals surface area (Å²) in [5, 5.41) is 9.96. The molecule has 0 aliphatic heterocycles. The van der Waals surface area contributed by atoms with Crippen molar-refractivity contribution in [1.29, 1.82) is 0 Å². The summed E-state index contributed by atoms with van der Waals surface area (Å²) in [4.78, 5) is 27.0. The standard InChI is InChI=1S/C47H89NO5/c1-6-9-12-15-18-19-20-21-22-23-24-25-28-31-37-44(46(49)50)38-32-33-39-45(53-47(51)52-41-34-40-48(4)5)42-43(35-29-26-16-13-10-7-2)36-30-27-17-14-11-8-3/h18-19,21-22,43-45H,6-17,20,23-42H2,1-5H3,(H,49,50)/b19-18-,22-21-. The van der Waals surface area contributed by atoms with Gasteiger partial charge in [-0.2, -0.15) is 0 Å². The average molecular weight is 748 g/mol. The second-order valence-corrected chi connectivity index (χ2v) is 16.2. The molecule has 0 bridgehead atoms. The minimum absolute atomic E-state index is 0.166. The highest BCUT2D eigenvalue weighted by atomic mass is 16.7. The SMILES string of the molecule is CCCCC/C=C\C/C=C\CCCCCCC(CCCCC(CC(CCCCCCCC)CCCCCCCC)OC(=O)OCCCN(C)C)C(=O)O. The van der Waals surface area contributed by atoms with Gasteiger partial charge in [0.15, 0.2) is 0 Å². The lowest BCUT2D eigenvalue weighted by Crippen LogP contribution is -2.24. The third-order valence-corrected chi connectivity index (χ3v) is 10.7. The van der Waals surface area contributed by atoms with Gasteiger partial charge in [0, 0.05) is 6.54 Å². The van der Waals surface area contributed by atoms with E-state index in [9.17, 15) is 14.7 Å². The number of hydrogen-bond acceptors (Lipinski definition) is 5. The molecule has 2 atom stereocenters. The van der Waals surface area contributed by atoms with Crippen LogP contribution >= 0.6 is 0 Å². The number of carboxylic acids is 1. The van der Waals surface area contributed by atoms with E-state index in [4.69, 9.17) is 9.47 Å². The van der Waals surface area contributed by atoms with Crippen molar-refractivity contribution in [3.05, 3.63) is 24.3 Å². The number of carbonyl (C=O) groups excluding carboxylic acids is 1. The Balaban J connectivity index is 4.90. The highest BCUT2D eigenvalue weighted by Gasteiger charge is 2.22. The molecule has 0 aromatic rings. The van der Waals surface area contributed by atoms with E-state index in [0.29, 0.717) is 18.9 Å². The number of rotatable bonds is 40. The van der Waals surface area contributed by atoms with E-state index >= 15 is 0 Å². The molecule has 0 spiro atoms. The predicted octanol–water partition coefficient (Wildman–Crippen LogP) is 14.7. The van der Waals surface area contributed by atoms with Crippen LogP contribution in [0.2, 0.25) is 0 Å². The van der Waals surface area contributed by atoms with E-state index in [-0.39, 0.29) is 12.0 Å². The molecule has 0 amide bonds. The average Bonchev–Trinajstić information content (AvgIpc) is 3.13. The number of allylic oxidation sites excluding steroid dienone is 4. The quantitative estimate of drug-likeness (QED) is 0.0382. The normalized spacial score (nSPS) is 13.1. The Morgan fingerprint density at radius 2 is 1.02 bits per heavy atom. The Bertz CT molecular complexity index is 840. The van der Waals surface area contributed by atoms with Crippen LogP contribution in [0.5, 0.6) is 0 Å². The molecular weight excluding hydrogens is 659 g/mol. The molecule has 6 heteroatoms. The third-order valence-electron chi connectivity index (χ3n) is 10.7. The molecule has 2 unspecified atom stereocenters. The molecule has 0 aliphatic carbocycles. The van der Waals surface area contributed by atoms with Gasteiger partial charge in [-0.05, 0) is 90.6 Å². The predicted molar refractivity (Wildman–Crippen MR) is 228 cm³/mol. The van der Waals surface area contributed by atoms with Gasteiger partial charge in [0.05, 0.1) is 12.5 Å². The molecule has 0 aliphatic rings. The van der Waals surface area contributed by atoms with Crippen molar-refractivity contribution in [1.82, 2.24) is 4.90 Å². The molecule has 1 N–H and O–H groups in total. The molecule has 53 heavy (non-hydrogen) atoms. The van der Waals surface area contributed by atoms with Crippen molar-refractivity contribution < 1.29 is 24.2 Å². The molecule has 0 fully saturated rings. The van der Waals surface area contributed by atoms with Gasteiger partial charge >= 0.3 is 12.1 Å². The monoisotopic (exact) mass is 748 g/mol. The first kappa shape index (κ1) is 51.2. The van der Waals surface area contributed by atoms with Gasteiger partial charge in [-0.1, -0.05) is 173 Å². The van der Waals surface area contributed by atoms with E-state index in [2.05, 4.69) is 50.0 Å². The van der Waals surface area contributed by atoms with Gasteiger partial charge in [0.1, 0.15) is 6.10 Å². The topological polar surface area (TPSA) is 76.1 Å². The lowest BCUT2D eigenvalue weighted by atomic mass is 9.87. The maximum absolute atomic E-state index is 12.8. The van der Waals surface area contributed by atoms with E-state index in [1.807, 2.05) is 14.1 Å². The second kappa shape index (κ2) is 39.9. The molecular formula is C47H89NO5. The molecule has 0 radical (unpaired) electrons. The highest BCUT2D eigenvalue weighted by molar-refractivity contribution is 5.69. The summed E-state index contributed by atoms with van der Waals surface area (Å²) >= 11 is 0. The molecule has 6 nitrogen and oxygen atoms in total. The molecule has 0 rings (SSSR count). The van der Waals surface area contributed by atoms with Crippen molar-refractivity contribution >= 4 is 12.1 Å². The van der Waals surface area contributed by atoms with E-state index in [0.717, 1.165) is 77.2 Å². The fraction of sp³-hybridized carbons (Fsp3) is 0.872. The van der Waals surface area contributed by atoms with Gasteiger partial charge in [0.2, 0.25) is 0 Å². The zero-order valence-electron chi connectivity index (χ0n) is 35.9. The maximum Gasteiger partial charge on any atom is 0.508 e. The molecule has 312 valence electrons. The lowest BCUT2D eigenvalue weighted by Gasteiger charge is -2.24. The Kier molecular flexibility index (Phi) is 38.5. The van der Waals surface area contributed by atoms with Crippen molar-refractivity contribution in [2.24, 2.45) is 11.8 Å². The largest absolute Gasteiger partial charge is 0.508 e. The van der Waals surface area contributed by atoms with Gasteiger partial charge in [0.25, 0.3) is 0 Å². The maximum atomic E-state index is 12.8. The Hall–Kier alpha value is -1.82. The summed E-state index contributed by atoms with van der Waals surface area (Å²) in [5.74, 6) is -0.394. The van der Waals surface area contributed by atoms with Gasteiger partial charge in [-0.25, -0.2) is 4.79 Å². The van der Waals surface area contributed by atoms with E-state index in [1.165, 1.54) is 122 Å². The van der Waals surface area contributed by atoms with Crippen LogP contribution in [0.3, 0.4) is 0 Å². The van der Waals surface area contributed by atoms with Crippen LogP contribution in [0.1, 0.15) is 220 Å². The molecule has 0 saturated heterocycles. The van der Waals surface area contributed by atoms with Gasteiger partial charge in [-0.3, -0.25) is 4.79 Å². The number of hydrogen-bond donors (Lipinski definition) is 1. The van der Waals surface area contributed by atoms with Crippen molar-refractivity contribution in [3.63, 3.8) is 0 Å². The van der Waals surface area contributed by atoms with Crippen LogP contribution in [0.4, 0.5) is 4.79 Å². The summed E-state index contributed by atoms with van der Waals surface area (Å²) < 4.78 is 11.5. The van der Waals surface area contributed by atoms with Crippen LogP contribution < -0.4 is 0 Å². The third kappa shape index (κ3) is 36.9. The fourth-order valence-electron chi connectivity index (χ4n) is 7.29. The Labute approximate surface area is 329 Å². The summed E-state index contributed by atoms with van der Waals surface area (Å²) in [5.41, 5.74) is 0.